The number of aldehydes is 1. The summed E-state index contributed by atoms with van der Waals surface area (Å²) in [6.07, 6.45) is -2.86. The molecule has 3 N–H and O–H groups in total. The molecule has 0 spiro atoms. The predicted octanol–water partition coefficient (Wildman–Crippen LogP) is 0.286. The number of aryl methyl sites for hydroxylation is 1. The van der Waals surface area contributed by atoms with Crippen molar-refractivity contribution in [3.05, 3.63) is 34.9 Å². The molecule has 86 valence electrons. The average Bonchev–Trinajstić information content (AvgIpc) is 2.27. The molecule has 0 heterocycles. The van der Waals surface area contributed by atoms with Crippen LogP contribution < -0.4 is 0 Å². The van der Waals surface area contributed by atoms with Crippen LogP contribution in [0.5, 0.6) is 0 Å². The number of aliphatic hydroxyl groups is 2. The van der Waals surface area contributed by atoms with E-state index in [2.05, 4.69) is 0 Å². The van der Waals surface area contributed by atoms with E-state index in [9.17, 15) is 19.8 Å². The number of carboxylic acid groups (broad SMARTS) is 1. The highest BCUT2D eigenvalue weighted by atomic mass is 16.4. The number of aliphatic hydroxyl groups excluding tert-OH is 2. The number of hydrogen-bond acceptors (Lipinski definition) is 4. The normalized spacial score (nSPS) is 14.2. The summed E-state index contributed by atoms with van der Waals surface area (Å²) in [5.74, 6) is -1.51. The Morgan fingerprint density at radius 3 is 2.50 bits per heavy atom. The summed E-state index contributed by atoms with van der Waals surface area (Å²) >= 11 is 0. The Morgan fingerprint density at radius 2 is 2.00 bits per heavy atom. The third kappa shape index (κ3) is 2.44. The Morgan fingerprint density at radius 1 is 1.38 bits per heavy atom. The van der Waals surface area contributed by atoms with Crippen molar-refractivity contribution < 1.29 is 24.9 Å². The first-order valence-electron chi connectivity index (χ1n) is 4.62. The van der Waals surface area contributed by atoms with Crippen LogP contribution in [0.1, 0.15) is 27.6 Å². The molecule has 0 aliphatic rings. The summed E-state index contributed by atoms with van der Waals surface area (Å²) in [7, 11) is 0. The van der Waals surface area contributed by atoms with E-state index in [0.717, 1.165) is 0 Å². The molecule has 0 aliphatic heterocycles. The van der Waals surface area contributed by atoms with Gasteiger partial charge in [0, 0.05) is 5.56 Å². The van der Waals surface area contributed by atoms with E-state index in [1.165, 1.54) is 6.07 Å². The second-order valence-corrected chi connectivity index (χ2v) is 3.46. The maximum absolute atomic E-state index is 10.5. The first-order chi connectivity index (χ1) is 7.47. The predicted molar refractivity (Wildman–Crippen MR) is 55.2 cm³/mol. The number of carboxylic acids is 1. The zero-order valence-electron chi connectivity index (χ0n) is 8.62. The van der Waals surface area contributed by atoms with E-state index in [-0.39, 0.29) is 5.56 Å². The molecule has 0 saturated heterocycles. The summed E-state index contributed by atoms with van der Waals surface area (Å²) < 4.78 is 0. The molecule has 5 heteroatoms. The lowest BCUT2D eigenvalue weighted by Gasteiger charge is -2.16. The van der Waals surface area contributed by atoms with Crippen molar-refractivity contribution in [3.8, 4) is 0 Å². The van der Waals surface area contributed by atoms with Gasteiger partial charge in [-0.15, -0.1) is 0 Å². The molecule has 0 amide bonds. The minimum absolute atomic E-state index is 0.236. The summed E-state index contributed by atoms with van der Waals surface area (Å²) in [6, 6.07) is 4.49. The highest BCUT2D eigenvalue weighted by Crippen LogP contribution is 2.22. The molecule has 2 atom stereocenters. The Kier molecular flexibility index (Phi) is 3.76. The van der Waals surface area contributed by atoms with Crippen LogP contribution >= 0.6 is 0 Å². The quantitative estimate of drug-likeness (QED) is 0.639. The monoisotopic (exact) mass is 224 g/mol. The van der Waals surface area contributed by atoms with E-state index in [0.29, 0.717) is 17.4 Å². The van der Waals surface area contributed by atoms with Crippen LogP contribution in [-0.2, 0) is 4.79 Å². The minimum Gasteiger partial charge on any atom is -0.479 e. The van der Waals surface area contributed by atoms with Crippen molar-refractivity contribution in [2.24, 2.45) is 0 Å². The first kappa shape index (κ1) is 12.4. The first-order valence-corrected chi connectivity index (χ1v) is 4.62. The molecule has 1 aromatic rings. The third-order valence-electron chi connectivity index (χ3n) is 2.31. The topological polar surface area (TPSA) is 94.8 Å². The van der Waals surface area contributed by atoms with Gasteiger partial charge in [0.2, 0.25) is 0 Å². The fraction of sp³-hybridized carbons (Fsp3) is 0.273. The van der Waals surface area contributed by atoms with Gasteiger partial charge in [-0.25, -0.2) is 4.79 Å². The highest BCUT2D eigenvalue weighted by Gasteiger charge is 2.26. The Bertz CT molecular complexity index is 413. The number of carbonyl (C=O) groups excluding carboxylic acids is 1. The lowest BCUT2D eigenvalue weighted by molar-refractivity contribution is -0.153. The van der Waals surface area contributed by atoms with Crippen molar-refractivity contribution in [3.63, 3.8) is 0 Å². The molecule has 5 nitrogen and oxygen atoms in total. The number of aliphatic carboxylic acids is 1. The van der Waals surface area contributed by atoms with Gasteiger partial charge in [0.1, 0.15) is 12.4 Å². The van der Waals surface area contributed by atoms with Gasteiger partial charge in [0.15, 0.2) is 6.10 Å². The lowest BCUT2D eigenvalue weighted by Crippen LogP contribution is -2.28. The molecule has 0 aromatic heterocycles. The van der Waals surface area contributed by atoms with E-state index in [4.69, 9.17) is 5.11 Å². The van der Waals surface area contributed by atoms with Crippen LogP contribution in [0, 0.1) is 6.92 Å². The van der Waals surface area contributed by atoms with Gasteiger partial charge in [0.05, 0.1) is 0 Å². The smallest absolute Gasteiger partial charge is 0.335 e. The van der Waals surface area contributed by atoms with Crippen molar-refractivity contribution in [2.45, 2.75) is 19.1 Å². The molecule has 1 rings (SSSR count). The molecule has 16 heavy (non-hydrogen) atoms. The van der Waals surface area contributed by atoms with Crippen LogP contribution in [0.2, 0.25) is 0 Å². The van der Waals surface area contributed by atoms with Gasteiger partial charge in [0.25, 0.3) is 0 Å². The molecule has 0 radical (unpaired) electrons. The molecule has 0 saturated carbocycles. The van der Waals surface area contributed by atoms with E-state index in [1.54, 1.807) is 19.1 Å². The molecular weight excluding hydrogens is 212 g/mol. The second kappa shape index (κ2) is 4.87. The van der Waals surface area contributed by atoms with Gasteiger partial charge in [-0.3, -0.25) is 4.79 Å². The molecular formula is C11H12O5. The molecule has 1 aromatic carbocycles. The van der Waals surface area contributed by atoms with Crippen LogP contribution in [0.3, 0.4) is 0 Å². The number of carbonyl (C=O) groups is 2. The fourth-order valence-electron chi connectivity index (χ4n) is 1.36. The maximum atomic E-state index is 10.5. The van der Waals surface area contributed by atoms with Crippen LogP contribution in [0.4, 0.5) is 0 Å². The molecule has 2 unspecified atom stereocenters. The van der Waals surface area contributed by atoms with Gasteiger partial charge in [-0.2, -0.15) is 0 Å². The van der Waals surface area contributed by atoms with Crippen LogP contribution in [0.25, 0.3) is 0 Å². The lowest BCUT2D eigenvalue weighted by atomic mass is 9.97. The van der Waals surface area contributed by atoms with E-state index < -0.39 is 18.2 Å². The summed E-state index contributed by atoms with van der Waals surface area (Å²) in [5, 5.41) is 27.4. The van der Waals surface area contributed by atoms with Crippen LogP contribution in [0.15, 0.2) is 18.2 Å². The summed E-state index contributed by atoms with van der Waals surface area (Å²) in [4.78, 5) is 21.0. The van der Waals surface area contributed by atoms with Crippen LogP contribution in [-0.4, -0.2) is 33.7 Å². The summed E-state index contributed by atoms with van der Waals surface area (Å²) in [5.41, 5.74) is 1.16. The Hall–Kier alpha value is -1.72. The fourth-order valence-corrected chi connectivity index (χ4v) is 1.36. The van der Waals surface area contributed by atoms with Crippen molar-refractivity contribution >= 4 is 12.3 Å². The third-order valence-corrected chi connectivity index (χ3v) is 2.31. The van der Waals surface area contributed by atoms with E-state index >= 15 is 0 Å². The minimum atomic E-state index is -1.90. The molecule has 0 aliphatic carbocycles. The standard InChI is InChI=1S/C11H12O5/c1-6-2-3-7(5-12)4-8(6)9(13)10(14)11(15)16/h2-5,9-10,13-14H,1H3,(H,15,16). The average molecular weight is 224 g/mol. The Balaban J connectivity index is 3.11. The Labute approximate surface area is 92.0 Å². The van der Waals surface area contributed by atoms with Gasteiger partial charge in [-0.1, -0.05) is 12.1 Å². The maximum Gasteiger partial charge on any atom is 0.335 e. The molecule has 0 fully saturated rings. The largest absolute Gasteiger partial charge is 0.479 e. The zero-order valence-corrected chi connectivity index (χ0v) is 8.62. The van der Waals surface area contributed by atoms with Gasteiger partial charge in [-0.05, 0) is 24.1 Å². The van der Waals surface area contributed by atoms with Crippen molar-refractivity contribution in [1.82, 2.24) is 0 Å². The van der Waals surface area contributed by atoms with Gasteiger partial charge < -0.3 is 15.3 Å². The summed E-state index contributed by atoms with van der Waals surface area (Å²) in [6.45, 7) is 1.65. The van der Waals surface area contributed by atoms with Crippen molar-refractivity contribution in [1.29, 1.82) is 0 Å². The number of benzene rings is 1. The number of rotatable bonds is 4. The second-order valence-electron chi connectivity index (χ2n) is 3.46. The number of hydrogen-bond donors (Lipinski definition) is 3. The van der Waals surface area contributed by atoms with E-state index in [1.807, 2.05) is 0 Å². The zero-order chi connectivity index (χ0) is 12.3. The van der Waals surface area contributed by atoms with Crippen molar-refractivity contribution in [2.75, 3.05) is 0 Å². The van der Waals surface area contributed by atoms with Gasteiger partial charge >= 0.3 is 5.97 Å². The SMILES string of the molecule is Cc1ccc(C=O)cc1C(O)C(O)C(=O)O. The molecule has 0 bridgehead atoms. The highest BCUT2D eigenvalue weighted by molar-refractivity contribution is 5.76.